The Labute approximate surface area is 179 Å². The van der Waals surface area contributed by atoms with E-state index in [1.807, 2.05) is 0 Å². The van der Waals surface area contributed by atoms with E-state index < -0.39 is 0 Å². The van der Waals surface area contributed by atoms with Gasteiger partial charge in [0.1, 0.15) is 10.6 Å². The molecule has 3 nitrogen and oxygen atoms in total. The van der Waals surface area contributed by atoms with E-state index in [1.165, 1.54) is 22.6 Å². The van der Waals surface area contributed by atoms with Crippen LogP contribution in [0.1, 0.15) is 49.6 Å². The van der Waals surface area contributed by atoms with Gasteiger partial charge >= 0.3 is 0 Å². The Bertz CT molecular complexity index is 1150. The zero-order chi connectivity index (χ0) is 20.8. The van der Waals surface area contributed by atoms with E-state index in [0.717, 1.165) is 41.5 Å². The van der Waals surface area contributed by atoms with Gasteiger partial charge in [0.15, 0.2) is 4.77 Å². The minimum atomic E-state index is -0.251. The lowest BCUT2D eigenvalue weighted by Gasteiger charge is -2.36. The highest BCUT2D eigenvalue weighted by atomic mass is 32.1. The summed E-state index contributed by atoms with van der Waals surface area (Å²) in [4.78, 5) is 18.9. The second-order valence-electron chi connectivity index (χ2n) is 8.75. The SMILES string of the molecule is CCC(C)(C)[C@H]1CCc2c(sc3[nH]c(=S)n(CCc4ccc(F)cc4)c(=O)c23)C1. The lowest BCUT2D eigenvalue weighted by Crippen LogP contribution is -2.29. The molecule has 0 radical (unpaired) electrons. The number of rotatable bonds is 5. The molecule has 0 aliphatic heterocycles. The highest BCUT2D eigenvalue weighted by Crippen LogP contribution is 2.43. The number of aromatic amines is 1. The summed E-state index contributed by atoms with van der Waals surface area (Å²) in [7, 11) is 0. The number of thiophene rings is 1. The van der Waals surface area contributed by atoms with Gasteiger partial charge in [-0.2, -0.15) is 0 Å². The van der Waals surface area contributed by atoms with Gasteiger partial charge in [0.05, 0.1) is 5.39 Å². The van der Waals surface area contributed by atoms with Crippen LogP contribution in [0.4, 0.5) is 4.39 Å². The predicted molar refractivity (Wildman–Crippen MR) is 121 cm³/mol. The van der Waals surface area contributed by atoms with Crippen molar-refractivity contribution in [3.63, 3.8) is 0 Å². The second-order valence-corrected chi connectivity index (χ2v) is 10.2. The topological polar surface area (TPSA) is 37.8 Å². The van der Waals surface area contributed by atoms with Crippen LogP contribution >= 0.6 is 23.6 Å². The standard InChI is InChI=1S/C23H27FN2OS2/c1-4-23(2,3)15-7-10-17-18(13-15)29-20-19(17)21(27)26(22(28)25-20)12-11-14-5-8-16(24)9-6-14/h5-6,8-9,15H,4,7,10-13H2,1-3H3,(H,25,28)/t15-/m0/s1. The van der Waals surface area contributed by atoms with Gasteiger partial charge in [-0.3, -0.25) is 9.36 Å². The Balaban J connectivity index is 1.68. The average Bonchev–Trinajstić information content (AvgIpc) is 3.06. The molecule has 29 heavy (non-hydrogen) atoms. The summed E-state index contributed by atoms with van der Waals surface area (Å²) in [5.74, 6) is 0.399. The molecule has 0 bridgehead atoms. The first-order chi connectivity index (χ1) is 13.8. The summed E-state index contributed by atoms with van der Waals surface area (Å²) in [6.07, 6.45) is 4.94. The molecule has 2 heterocycles. The lowest BCUT2D eigenvalue weighted by molar-refractivity contribution is 0.184. The van der Waals surface area contributed by atoms with Crippen molar-refractivity contribution in [3.05, 3.63) is 61.2 Å². The van der Waals surface area contributed by atoms with Crippen molar-refractivity contribution in [3.8, 4) is 0 Å². The van der Waals surface area contributed by atoms with Crippen molar-refractivity contribution in [2.45, 2.75) is 59.4 Å². The zero-order valence-corrected chi connectivity index (χ0v) is 18.8. The van der Waals surface area contributed by atoms with Gasteiger partial charge in [-0.05, 0) is 72.5 Å². The maximum Gasteiger partial charge on any atom is 0.263 e. The summed E-state index contributed by atoms with van der Waals surface area (Å²) in [6.45, 7) is 7.46. The molecule has 1 atom stereocenters. The van der Waals surface area contributed by atoms with Gasteiger partial charge in [-0.15, -0.1) is 11.3 Å². The maximum atomic E-state index is 13.3. The van der Waals surface area contributed by atoms with Gasteiger partial charge in [0.25, 0.3) is 5.56 Å². The van der Waals surface area contributed by atoms with Crippen molar-refractivity contribution in [1.82, 2.24) is 9.55 Å². The third-order valence-corrected chi connectivity index (χ3v) is 8.24. The highest BCUT2D eigenvalue weighted by Gasteiger charge is 2.33. The molecule has 0 saturated carbocycles. The molecule has 4 rings (SSSR count). The van der Waals surface area contributed by atoms with Crippen LogP contribution in [0.3, 0.4) is 0 Å². The fourth-order valence-electron chi connectivity index (χ4n) is 4.34. The molecule has 0 saturated heterocycles. The number of benzene rings is 1. The van der Waals surface area contributed by atoms with E-state index in [-0.39, 0.29) is 11.4 Å². The van der Waals surface area contributed by atoms with Crippen molar-refractivity contribution in [1.29, 1.82) is 0 Å². The number of aryl methyl sites for hydroxylation is 2. The van der Waals surface area contributed by atoms with E-state index in [0.29, 0.717) is 29.1 Å². The largest absolute Gasteiger partial charge is 0.323 e. The molecule has 1 aliphatic carbocycles. The molecule has 0 unspecified atom stereocenters. The minimum absolute atomic E-state index is 0.0107. The first kappa shape index (κ1) is 20.5. The Hall–Kier alpha value is -1.79. The Morgan fingerprint density at radius 3 is 2.72 bits per heavy atom. The van der Waals surface area contributed by atoms with E-state index in [2.05, 4.69) is 25.8 Å². The summed E-state index contributed by atoms with van der Waals surface area (Å²) in [5.41, 5.74) is 2.54. The number of hydrogen-bond donors (Lipinski definition) is 1. The van der Waals surface area contributed by atoms with Crippen LogP contribution < -0.4 is 5.56 Å². The molecule has 6 heteroatoms. The number of halogens is 1. The monoisotopic (exact) mass is 430 g/mol. The first-order valence-electron chi connectivity index (χ1n) is 10.3. The number of fused-ring (bicyclic) bond motifs is 3. The van der Waals surface area contributed by atoms with Crippen LogP contribution in [0.25, 0.3) is 10.2 Å². The Morgan fingerprint density at radius 2 is 2.03 bits per heavy atom. The van der Waals surface area contributed by atoms with Crippen LogP contribution in [0.15, 0.2) is 29.1 Å². The maximum absolute atomic E-state index is 13.3. The van der Waals surface area contributed by atoms with Gasteiger partial charge < -0.3 is 4.98 Å². The number of aromatic nitrogens is 2. The summed E-state index contributed by atoms with van der Waals surface area (Å²) in [6, 6.07) is 6.42. The zero-order valence-electron chi connectivity index (χ0n) is 17.2. The van der Waals surface area contributed by atoms with Gasteiger partial charge in [0, 0.05) is 11.4 Å². The summed E-state index contributed by atoms with van der Waals surface area (Å²) < 4.78 is 15.3. The molecule has 3 aromatic rings. The van der Waals surface area contributed by atoms with Crippen molar-refractivity contribution in [2.24, 2.45) is 11.3 Å². The molecule has 154 valence electrons. The van der Waals surface area contributed by atoms with Crippen LogP contribution in [0, 0.1) is 21.9 Å². The summed E-state index contributed by atoms with van der Waals surface area (Å²) in [5, 5.41) is 0.825. The molecule has 0 fully saturated rings. The van der Waals surface area contributed by atoms with Crippen molar-refractivity contribution in [2.75, 3.05) is 0 Å². The highest BCUT2D eigenvalue weighted by molar-refractivity contribution is 7.71. The number of hydrogen-bond acceptors (Lipinski definition) is 3. The van der Waals surface area contributed by atoms with Gasteiger partial charge in [-0.1, -0.05) is 39.3 Å². The summed E-state index contributed by atoms with van der Waals surface area (Å²) >= 11 is 7.21. The predicted octanol–water partition coefficient (Wildman–Crippen LogP) is 6.04. The van der Waals surface area contributed by atoms with Crippen LogP contribution in [-0.2, 0) is 25.8 Å². The van der Waals surface area contributed by atoms with Gasteiger partial charge in [0.2, 0.25) is 0 Å². The number of H-pyrrole nitrogens is 1. The lowest BCUT2D eigenvalue weighted by atomic mass is 9.70. The second kappa shape index (κ2) is 7.80. The minimum Gasteiger partial charge on any atom is -0.323 e. The molecule has 1 N–H and O–H groups in total. The van der Waals surface area contributed by atoms with E-state index in [4.69, 9.17) is 12.2 Å². The van der Waals surface area contributed by atoms with E-state index >= 15 is 0 Å². The smallest absolute Gasteiger partial charge is 0.263 e. The van der Waals surface area contributed by atoms with Crippen LogP contribution in [-0.4, -0.2) is 9.55 Å². The van der Waals surface area contributed by atoms with Crippen LogP contribution in [0.2, 0.25) is 0 Å². The third kappa shape index (κ3) is 3.84. The fraction of sp³-hybridized carbons (Fsp3) is 0.478. The first-order valence-corrected chi connectivity index (χ1v) is 11.5. The normalized spacial score (nSPS) is 16.9. The Morgan fingerprint density at radius 1 is 1.31 bits per heavy atom. The molecule has 2 aromatic heterocycles. The quantitative estimate of drug-likeness (QED) is 0.501. The molecule has 1 aromatic carbocycles. The third-order valence-electron chi connectivity index (χ3n) is 6.74. The van der Waals surface area contributed by atoms with Crippen LogP contribution in [0.5, 0.6) is 0 Å². The number of nitrogens with zero attached hydrogens (tertiary/aromatic N) is 1. The molecule has 1 aliphatic rings. The molecular formula is C23H27FN2OS2. The average molecular weight is 431 g/mol. The Kier molecular flexibility index (Phi) is 5.51. The van der Waals surface area contributed by atoms with Crippen molar-refractivity contribution < 1.29 is 4.39 Å². The van der Waals surface area contributed by atoms with Crippen molar-refractivity contribution >= 4 is 33.8 Å². The van der Waals surface area contributed by atoms with E-state index in [1.54, 1.807) is 28.0 Å². The van der Waals surface area contributed by atoms with E-state index in [9.17, 15) is 9.18 Å². The fourth-order valence-corrected chi connectivity index (χ4v) is 6.00. The molecule has 0 amide bonds. The number of nitrogens with one attached hydrogen (secondary N) is 1. The molecular weight excluding hydrogens is 403 g/mol. The molecule has 0 spiro atoms. The van der Waals surface area contributed by atoms with Gasteiger partial charge in [-0.25, -0.2) is 4.39 Å².